The van der Waals surface area contributed by atoms with Gasteiger partial charge in [0.15, 0.2) is 0 Å². The average Bonchev–Trinajstić information content (AvgIpc) is 2.54. The van der Waals surface area contributed by atoms with Crippen LogP contribution < -0.4 is 15.0 Å². The second-order valence-electron chi connectivity index (χ2n) is 4.95. The number of rotatable bonds is 5. The Bertz CT molecular complexity index is 767. The Morgan fingerprint density at radius 2 is 1.96 bits per heavy atom. The minimum atomic E-state index is -0.555. The number of carbonyl (C=O) groups excluding carboxylic acids is 2. The first kappa shape index (κ1) is 17.7. The number of anilines is 2. The quantitative estimate of drug-likeness (QED) is 0.898. The van der Waals surface area contributed by atoms with Crippen molar-refractivity contribution < 1.29 is 18.7 Å². The van der Waals surface area contributed by atoms with Gasteiger partial charge in [0.05, 0.1) is 18.5 Å². The van der Waals surface area contributed by atoms with Crippen molar-refractivity contribution in [3.63, 3.8) is 0 Å². The summed E-state index contributed by atoms with van der Waals surface area (Å²) in [6.45, 7) is 1.01. The van der Waals surface area contributed by atoms with Gasteiger partial charge in [-0.25, -0.2) is 4.39 Å². The summed E-state index contributed by atoms with van der Waals surface area (Å²) in [5, 5.41) is 2.83. The van der Waals surface area contributed by atoms with Crippen molar-refractivity contribution in [1.82, 2.24) is 0 Å². The van der Waals surface area contributed by atoms with E-state index in [2.05, 4.69) is 5.32 Å². The van der Waals surface area contributed by atoms with Crippen molar-refractivity contribution in [3.8, 4) is 5.75 Å². The molecule has 0 unspecified atom stereocenters. The van der Waals surface area contributed by atoms with Crippen molar-refractivity contribution in [2.45, 2.75) is 6.92 Å². The third-order valence-corrected chi connectivity index (χ3v) is 3.50. The molecule has 0 fully saturated rings. The van der Waals surface area contributed by atoms with Gasteiger partial charge in [-0.05, 0) is 30.3 Å². The maximum atomic E-state index is 13.6. The number of methoxy groups -OCH3 is 1. The van der Waals surface area contributed by atoms with Crippen LogP contribution in [0, 0.1) is 5.82 Å². The Morgan fingerprint density at radius 1 is 1.25 bits per heavy atom. The van der Waals surface area contributed by atoms with Crippen LogP contribution in [-0.2, 0) is 9.59 Å². The highest BCUT2D eigenvalue weighted by Gasteiger charge is 2.20. The third kappa shape index (κ3) is 4.23. The first-order valence-electron chi connectivity index (χ1n) is 7.08. The molecule has 0 aliphatic heterocycles. The van der Waals surface area contributed by atoms with Crippen molar-refractivity contribution in [2.24, 2.45) is 0 Å². The van der Waals surface area contributed by atoms with Crippen molar-refractivity contribution in [2.75, 3.05) is 23.9 Å². The molecule has 7 heteroatoms. The summed E-state index contributed by atoms with van der Waals surface area (Å²) in [5.41, 5.74) is 0.408. The maximum absolute atomic E-state index is 13.6. The lowest BCUT2D eigenvalue weighted by atomic mass is 10.2. The summed E-state index contributed by atoms with van der Waals surface area (Å²) < 4.78 is 18.8. The number of amides is 2. The van der Waals surface area contributed by atoms with Gasteiger partial charge in [0.2, 0.25) is 11.8 Å². The lowest BCUT2D eigenvalue weighted by Gasteiger charge is -2.23. The fourth-order valence-electron chi connectivity index (χ4n) is 2.14. The van der Waals surface area contributed by atoms with Crippen LogP contribution in [0.2, 0.25) is 5.02 Å². The van der Waals surface area contributed by atoms with Crippen LogP contribution in [0.5, 0.6) is 5.75 Å². The fourth-order valence-corrected chi connectivity index (χ4v) is 2.30. The van der Waals surface area contributed by atoms with Gasteiger partial charge in [0.25, 0.3) is 0 Å². The Hall–Kier alpha value is -2.60. The van der Waals surface area contributed by atoms with Gasteiger partial charge in [0.1, 0.15) is 18.1 Å². The van der Waals surface area contributed by atoms with E-state index in [-0.39, 0.29) is 18.1 Å². The van der Waals surface area contributed by atoms with Crippen LogP contribution in [0.3, 0.4) is 0 Å². The topological polar surface area (TPSA) is 58.6 Å². The van der Waals surface area contributed by atoms with Gasteiger partial charge in [-0.1, -0.05) is 23.7 Å². The van der Waals surface area contributed by atoms with E-state index in [4.69, 9.17) is 16.3 Å². The number of hydrogen-bond donors (Lipinski definition) is 1. The molecule has 1 N–H and O–H groups in total. The number of para-hydroxylation sites is 1. The van der Waals surface area contributed by atoms with E-state index >= 15 is 0 Å². The Morgan fingerprint density at radius 3 is 2.58 bits per heavy atom. The summed E-state index contributed by atoms with van der Waals surface area (Å²) in [6.07, 6.45) is 0. The van der Waals surface area contributed by atoms with Crippen LogP contribution in [0.1, 0.15) is 6.92 Å². The van der Waals surface area contributed by atoms with Crippen LogP contribution in [-0.4, -0.2) is 25.5 Å². The molecule has 0 saturated heterocycles. The predicted octanol–water partition coefficient (Wildman–Crippen LogP) is 3.48. The highest BCUT2D eigenvalue weighted by atomic mass is 35.5. The van der Waals surface area contributed by atoms with Gasteiger partial charge in [-0.3, -0.25) is 14.5 Å². The van der Waals surface area contributed by atoms with Gasteiger partial charge in [-0.2, -0.15) is 0 Å². The standard InChI is InChI=1S/C17H16ClFN2O3/c1-11(22)21(15-9-12(18)7-8-16(15)24-2)10-17(23)20-14-6-4-3-5-13(14)19/h3-9H,10H2,1-2H3,(H,20,23). The molecule has 5 nitrogen and oxygen atoms in total. The maximum Gasteiger partial charge on any atom is 0.244 e. The van der Waals surface area contributed by atoms with Crippen molar-refractivity contribution >= 4 is 34.8 Å². The fraction of sp³-hybridized carbons (Fsp3) is 0.176. The summed E-state index contributed by atoms with van der Waals surface area (Å²) in [6, 6.07) is 10.5. The minimum absolute atomic E-state index is 0.0454. The van der Waals surface area contributed by atoms with Gasteiger partial charge >= 0.3 is 0 Å². The molecular formula is C17H16ClFN2O3. The molecule has 0 aromatic heterocycles. The number of nitrogens with one attached hydrogen (secondary N) is 1. The zero-order chi connectivity index (χ0) is 17.7. The molecule has 0 heterocycles. The summed E-state index contributed by atoms with van der Waals surface area (Å²) in [5.74, 6) is -1.08. The van der Waals surface area contributed by atoms with Crippen molar-refractivity contribution in [3.05, 3.63) is 53.3 Å². The van der Waals surface area contributed by atoms with E-state index in [0.29, 0.717) is 16.5 Å². The smallest absolute Gasteiger partial charge is 0.244 e. The van der Waals surface area contributed by atoms with Crippen LogP contribution in [0.25, 0.3) is 0 Å². The second kappa shape index (κ2) is 7.79. The first-order chi connectivity index (χ1) is 11.4. The van der Waals surface area contributed by atoms with E-state index in [1.165, 1.54) is 43.2 Å². The van der Waals surface area contributed by atoms with Gasteiger partial charge in [-0.15, -0.1) is 0 Å². The SMILES string of the molecule is COc1ccc(Cl)cc1N(CC(=O)Nc1ccccc1F)C(C)=O. The zero-order valence-electron chi connectivity index (χ0n) is 13.2. The highest BCUT2D eigenvalue weighted by molar-refractivity contribution is 6.31. The predicted molar refractivity (Wildman–Crippen MR) is 91.1 cm³/mol. The lowest BCUT2D eigenvalue weighted by Crippen LogP contribution is -2.37. The number of hydrogen-bond acceptors (Lipinski definition) is 3. The molecule has 0 saturated carbocycles. The van der Waals surface area contributed by atoms with Crippen LogP contribution in [0.4, 0.5) is 15.8 Å². The summed E-state index contributed by atoms with van der Waals surface area (Å²) in [7, 11) is 1.45. The largest absolute Gasteiger partial charge is 0.495 e. The van der Waals surface area contributed by atoms with E-state index < -0.39 is 11.7 Å². The lowest BCUT2D eigenvalue weighted by molar-refractivity contribution is -0.120. The van der Waals surface area contributed by atoms with E-state index in [9.17, 15) is 14.0 Å². The van der Waals surface area contributed by atoms with E-state index in [1.54, 1.807) is 18.2 Å². The van der Waals surface area contributed by atoms with E-state index in [1.807, 2.05) is 0 Å². The molecule has 0 radical (unpaired) electrons. The summed E-state index contributed by atoms with van der Waals surface area (Å²) in [4.78, 5) is 25.4. The third-order valence-electron chi connectivity index (χ3n) is 3.26. The second-order valence-corrected chi connectivity index (χ2v) is 5.39. The molecule has 24 heavy (non-hydrogen) atoms. The Balaban J connectivity index is 2.23. The minimum Gasteiger partial charge on any atom is -0.495 e. The number of benzene rings is 2. The molecular weight excluding hydrogens is 335 g/mol. The molecule has 2 rings (SSSR count). The van der Waals surface area contributed by atoms with E-state index in [0.717, 1.165) is 0 Å². The molecule has 126 valence electrons. The number of ether oxygens (including phenoxy) is 1. The number of halogens is 2. The number of carbonyl (C=O) groups is 2. The molecule has 0 atom stereocenters. The molecule has 2 aromatic carbocycles. The molecule has 2 aromatic rings. The molecule has 0 aliphatic rings. The van der Waals surface area contributed by atoms with Crippen molar-refractivity contribution in [1.29, 1.82) is 0 Å². The molecule has 0 aliphatic carbocycles. The number of nitrogens with zero attached hydrogens (tertiary/aromatic N) is 1. The molecule has 0 bridgehead atoms. The zero-order valence-corrected chi connectivity index (χ0v) is 13.9. The van der Waals surface area contributed by atoms with Gasteiger partial charge in [0, 0.05) is 11.9 Å². The van der Waals surface area contributed by atoms with Crippen LogP contribution in [0.15, 0.2) is 42.5 Å². The monoisotopic (exact) mass is 350 g/mol. The average molecular weight is 351 g/mol. The Kier molecular flexibility index (Phi) is 5.76. The Labute approximate surface area is 144 Å². The van der Waals surface area contributed by atoms with Gasteiger partial charge < -0.3 is 10.1 Å². The molecule has 2 amide bonds. The molecule has 0 spiro atoms. The normalized spacial score (nSPS) is 10.2. The summed E-state index contributed by atoms with van der Waals surface area (Å²) >= 11 is 5.97. The highest BCUT2D eigenvalue weighted by Crippen LogP contribution is 2.31. The van der Waals surface area contributed by atoms with Crippen LogP contribution >= 0.6 is 11.6 Å². The first-order valence-corrected chi connectivity index (χ1v) is 7.46.